The van der Waals surface area contributed by atoms with Crippen molar-refractivity contribution in [1.82, 2.24) is 0 Å². The van der Waals surface area contributed by atoms with E-state index in [2.05, 4.69) is 31.1 Å². The predicted molar refractivity (Wildman–Crippen MR) is 76.7 cm³/mol. The standard InChI is InChI=1S/C16H24OSi/c1-18(2,3)5-4-15(17)16-9-12-6-13(10-16)8-14(7-12)11-16/h12-14H,6-11H2,1-3H3. The minimum Gasteiger partial charge on any atom is -0.284 e. The summed E-state index contributed by atoms with van der Waals surface area (Å²) in [6, 6.07) is 0. The number of Topliss-reactive ketones (excluding diaryl/α,β-unsaturated/α-hetero) is 1. The van der Waals surface area contributed by atoms with Gasteiger partial charge in [-0.15, -0.1) is 5.54 Å². The summed E-state index contributed by atoms with van der Waals surface area (Å²) in [5.41, 5.74) is 3.27. The molecule has 0 radical (unpaired) electrons. The lowest BCUT2D eigenvalue weighted by Crippen LogP contribution is -2.49. The van der Waals surface area contributed by atoms with E-state index in [1.165, 1.54) is 19.3 Å². The molecule has 4 bridgehead atoms. The topological polar surface area (TPSA) is 17.1 Å². The van der Waals surface area contributed by atoms with Crippen LogP contribution in [0.25, 0.3) is 0 Å². The first-order valence-electron chi connectivity index (χ1n) is 7.44. The molecule has 0 aromatic carbocycles. The van der Waals surface area contributed by atoms with Gasteiger partial charge < -0.3 is 0 Å². The molecule has 2 heteroatoms. The maximum atomic E-state index is 12.6. The Kier molecular flexibility index (Phi) is 2.75. The summed E-state index contributed by atoms with van der Waals surface area (Å²) in [7, 11) is -1.42. The van der Waals surface area contributed by atoms with Crippen molar-refractivity contribution in [3.8, 4) is 11.5 Å². The van der Waals surface area contributed by atoms with E-state index >= 15 is 0 Å². The van der Waals surface area contributed by atoms with Crippen LogP contribution in [0.15, 0.2) is 0 Å². The van der Waals surface area contributed by atoms with E-state index in [1.54, 1.807) is 0 Å². The second kappa shape index (κ2) is 3.97. The summed E-state index contributed by atoms with van der Waals surface area (Å²) < 4.78 is 0. The fourth-order valence-electron chi connectivity index (χ4n) is 4.77. The fourth-order valence-corrected chi connectivity index (χ4v) is 5.25. The molecule has 4 saturated carbocycles. The van der Waals surface area contributed by atoms with Crippen LogP contribution < -0.4 is 0 Å². The van der Waals surface area contributed by atoms with Crippen LogP contribution in [-0.2, 0) is 4.79 Å². The molecule has 98 valence electrons. The molecule has 0 aromatic rings. The van der Waals surface area contributed by atoms with Gasteiger partial charge in [-0.2, -0.15) is 0 Å². The van der Waals surface area contributed by atoms with Crippen LogP contribution in [0.2, 0.25) is 19.6 Å². The minimum absolute atomic E-state index is 0.0125. The summed E-state index contributed by atoms with van der Waals surface area (Å²) in [4.78, 5) is 12.6. The third-order valence-electron chi connectivity index (χ3n) is 5.07. The van der Waals surface area contributed by atoms with Gasteiger partial charge in [-0.25, -0.2) is 0 Å². The van der Waals surface area contributed by atoms with Gasteiger partial charge in [0.1, 0.15) is 8.07 Å². The van der Waals surface area contributed by atoms with E-state index in [-0.39, 0.29) is 5.41 Å². The zero-order valence-electron chi connectivity index (χ0n) is 11.9. The first-order valence-corrected chi connectivity index (χ1v) is 10.9. The summed E-state index contributed by atoms with van der Waals surface area (Å²) in [6.45, 7) is 6.65. The average Bonchev–Trinajstić information content (AvgIpc) is 2.22. The molecular formula is C16H24OSi. The van der Waals surface area contributed by atoms with Crippen molar-refractivity contribution in [1.29, 1.82) is 0 Å². The third kappa shape index (κ3) is 2.18. The monoisotopic (exact) mass is 260 g/mol. The Labute approximate surface area is 112 Å². The van der Waals surface area contributed by atoms with Gasteiger partial charge in [0, 0.05) is 5.41 Å². The SMILES string of the molecule is C[Si](C)(C)C#CC(=O)C12CC3CC(CC(C3)C1)C2. The Balaban J connectivity index is 1.83. The highest BCUT2D eigenvalue weighted by atomic mass is 28.3. The van der Waals surface area contributed by atoms with Gasteiger partial charge in [0.05, 0.1) is 0 Å². The second-order valence-corrected chi connectivity index (χ2v) is 12.8. The molecule has 0 aliphatic heterocycles. The highest BCUT2D eigenvalue weighted by Gasteiger charge is 2.54. The van der Waals surface area contributed by atoms with Crippen molar-refractivity contribution in [2.24, 2.45) is 23.2 Å². The van der Waals surface area contributed by atoms with Gasteiger partial charge in [-0.05, 0) is 62.2 Å². The lowest BCUT2D eigenvalue weighted by Gasteiger charge is -2.55. The van der Waals surface area contributed by atoms with E-state index in [9.17, 15) is 4.79 Å². The fraction of sp³-hybridized carbons (Fsp3) is 0.812. The Bertz CT molecular complexity index is 397. The molecule has 0 atom stereocenters. The molecule has 0 aromatic heterocycles. The number of carbonyl (C=O) groups is 1. The average molecular weight is 260 g/mol. The number of carbonyl (C=O) groups excluding carboxylic acids is 1. The minimum atomic E-state index is -1.42. The van der Waals surface area contributed by atoms with E-state index in [0.29, 0.717) is 5.78 Å². The van der Waals surface area contributed by atoms with Crippen LogP contribution in [-0.4, -0.2) is 13.9 Å². The van der Waals surface area contributed by atoms with Crippen LogP contribution in [0, 0.1) is 34.6 Å². The van der Waals surface area contributed by atoms with Crippen molar-refractivity contribution >= 4 is 13.9 Å². The summed E-state index contributed by atoms with van der Waals surface area (Å²) in [5, 5.41) is 0. The van der Waals surface area contributed by atoms with E-state index in [1.807, 2.05) is 0 Å². The molecule has 0 amide bonds. The van der Waals surface area contributed by atoms with Gasteiger partial charge in [0.2, 0.25) is 5.78 Å². The van der Waals surface area contributed by atoms with Crippen molar-refractivity contribution in [3.63, 3.8) is 0 Å². The molecule has 0 heterocycles. The van der Waals surface area contributed by atoms with Crippen molar-refractivity contribution < 1.29 is 4.79 Å². The molecule has 4 aliphatic carbocycles. The first kappa shape index (κ1) is 12.5. The molecule has 4 fully saturated rings. The Morgan fingerprint density at radius 2 is 1.44 bits per heavy atom. The third-order valence-corrected chi connectivity index (χ3v) is 5.95. The highest BCUT2D eigenvalue weighted by molar-refractivity contribution is 6.84. The van der Waals surface area contributed by atoms with E-state index in [4.69, 9.17) is 0 Å². The van der Waals surface area contributed by atoms with Gasteiger partial charge in [-0.1, -0.05) is 19.6 Å². The van der Waals surface area contributed by atoms with Crippen LogP contribution in [0.1, 0.15) is 38.5 Å². The van der Waals surface area contributed by atoms with Gasteiger partial charge in [0.25, 0.3) is 0 Å². The van der Waals surface area contributed by atoms with Crippen LogP contribution in [0.5, 0.6) is 0 Å². The van der Waals surface area contributed by atoms with E-state index < -0.39 is 8.07 Å². The van der Waals surface area contributed by atoms with Crippen molar-refractivity contribution in [2.45, 2.75) is 58.2 Å². The van der Waals surface area contributed by atoms with Crippen LogP contribution in [0.4, 0.5) is 0 Å². The number of rotatable bonds is 1. The van der Waals surface area contributed by atoms with Crippen molar-refractivity contribution in [2.75, 3.05) is 0 Å². The molecule has 1 nitrogen and oxygen atoms in total. The van der Waals surface area contributed by atoms with Gasteiger partial charge >= 0.3 is 0 Å². The first-order chi connectivity index (χ1) is 8.36. The lowest BCUT2D eigenvalue weighted by molar-refractivity contribution is -0.137. The van der Waals surface area contributed by atoms with Crippen LogP contribution >= 0.6 is 0 Å². The normalized spacial score (nSPS) is 41.4. The Morgan fingerprint density at radius 1 is 1.00 bits per heavy atom. The van der Waals surface area contributed by atoms with Gasteiger partial charge in [0.15, 0.2) is 0 Å². The second-order valence-electron chi connectivity index (χ2n) is 8.03. The molecule has 4 rings (SSSR count). The van der Waals surface area contributed by atoms with Crippen LogP contribution in [0.3, 0.4) is 0 Å². The quantitative estimate of drug-likeness (QED) is 0.519. The highest BCUT2D eigenvalue weighted by Crippen LogP contribution is 2.60. The number of hydrogen-bond donors (Lipinski definition) is 0. The smallest absolute Gasteiger partial charge is 0.211 e. The molecule has 0 unspecified atom stereocenters. The molecule has 0 saturated heterocycles. The van der Waals surface area contributed by atoms with Crippen molar-refractivity contribution in [3.05, 3.63) is 0 Å². The van der Waals surface area contributed by atoms with E-state index in [0.717, 1.165) is 37.0 Å². The van der Waals surface area contributed by atoms with Gasteiger partial charge in [-0.3, -0.25) is 4.79 Å². The molecule has 0 N–H and O–H groups in total. The zero-order valence-corrected chi connectivity index (χ0v) is 12.9. The number of ketones is 1. The maximum Gasteiger partial charge on any atom is 0.211 e. The molecular weight excluding hydrogens is 236 g/mol. The predicted octanol–water partition coefficient (Wildman–Crippen LogP) is 3.65. The Morgan fingerprint density at radius 3 is 1.83 bits per heavy atom. The summed E-state index contributed by atoms with van der Waals surface area (Å²) in [5.74, 6) is 5.87. The zero-order chi connectivity index (χ0) is 13.0. The lowest BCUT2D eigenvalue weighted by atomic mass is 9.48. The molecule has 4 aliphatic rings. The Hall–Kier alpha value is -0.553. The largest absolute Gasteiger partial charge is 0.284 e. The summed E-state index contributed by atoms with van der Waals surface area (Å²) >= 11 is 0. The molecule has 18 heavy (non-hydrogen) atoms. The molecule has 0 spiro atoms. The summed E-state index contributed by atoms with van der Waals surface area (Å²) in [6.07, 6.45) is 7.64. The maximum absolute atomic E-state index is 12.6. The number of hydrogen-bond acceptors (Lipinski definition) is 1.